The molecule has 3 N–H and O–H groups in total. The van der Waals surface area contributed by atoms with Crippen molar-refractivity contribution >= 4 is 15.9 Å². The quantitative estimate of drug-likeness (QED) is 0.650. The maximum absolute atomic E-state index is 11.4. The van der Waals surface area contributed by atoms with Gasteiger partial charge in [-0.15, -0.1) is 0 Å². The lowest BCUT2D eigenvalue weighted by molar-refractivity contribution is -0.121. The summed E-state index contributed by atoms with van der Waals surface area (Å²) in [7, 11) is -0.311. The van der Waals surface area contributed by atoms with Crippen LogP contribution in [0.25, 0.3) is 0 Å². The lowest BCUT2D eigenvalue weighted by Gasteiger charge is -2.17. The summed E-state index contributed by atoms with van der Waals surface area (Å²) in [5, 5.41) is 2.57. The molecule has 0 saturated carbocycles. The van der Waals surface area contributed by atoms with E-state index in [4.69, 9.17) is 5.73 Å². The van der Waals surface area contributed by atoms with Gasteiger partial charge < -0.3 is 11.1 Å². The first kappa shape index (κ1) is 16.3. The van der Waals surface area contributed by atoms with Gasteiger partial charge in [0.25, 0.3) is 0 Å². The van der Waals surface area contributed by atoms with Gasteiger partial charge in [0.1, 0.15) is 0 Å². The molecule has 6 nitrogen and oxygen atoms in total. The van der Waals surface area contributed by atoms with Gasteiger partial charge in [0.05, 0.1) is 5.75 Å². The second kappa shape index (κ2) is 6.32. The van der Waals surface area contributed by atoms with Crippen molar-refractivity contribution in [3.8, 4) is 0 Å². The number of hydrogen-bond acceptors (Lipinski definition) is 4. The number of nitrogens with zero attached hydrogens (tertiary/aromatic N) is 1. The molecular formula is C10H23N3O3S. The van der Waals surface area contributed by atoms with Crippen molar-refractivity contribution in [2.24, 2.45) is 5.73 Å². The normalized spacial score (nSPS) is 12.8. The van der Waals surface area contributed by atoms with E-state index < -0.39 is 10.0 Å². The molecule has 0 heterocycles. The summed E-state index contributed by atoms with van der Waals surface area (Å²) in [6.07, 6.45) is 0.880. The minimum atomic E-state index is -3.24. The fourth-order valence-electron chi connectivity index (χ4n) is 1.03. The second-order valence-electron chi connectivity index (χ2n) is 4.94. The molecule has 7 heteroatoms. The Kier molecular flexibility index (Phi) is 6.08. The van der Waals surface area contributed by atoms with Crippen LogP contribution in [0.4, 0.5) is 0 Å². The molecule has 0 aromatic carbocycles. The number of hydrogen-bond donors (Lipinski definition) is 2. The van der Waals surface area contributed by atoms with E-state index in [1.807, 2.05) is 13.8 Å². The predicted octanol–water partition coefficient (Wildman–Crippen LogP) is -0.488. The number of carbonyl (C=O) groups is 1. The molecule has 17 heavy (non-hydrogen) atoms. The molecule has 0 radical (unpaired) electrons. The van der Waals surface area contributed by atoms with Crippen molar-refractivity contribution in [2.45, 2.75) is 32.2 Å². The van der Waals surface area contributed by atoms with E-state index in [0.29, 0.717) is 12.8 Å². The molecule has 0 aromatic rings. The van der Waals surface area contributed by atoms with E-state index in [1.165, 1.54) is 14.1 Å². The zero-order chi connectivity index (χ0) is 13.7. The Morgan fingerprint density at radius 2 is 1.88 bits per heavy atom. The fourth-order valence-corrected chi connectivity index (χ4v) is 1.75. The molecule has 0 unspecified atom stereocenters. The zero-order valence-electron chi connectivity index (χ0n) is 11.0. The number of nitrogens with two attached hydrogens (primary N) is 1. The molecule has 0 spiro atoms. The molecule has 0 aliphatic heterocycles. The van der Waals surface area contributed by atoms with E-state index in [-0.39, 0.29) is 23.7 Å². The average molecular weight is 265 g/mol. The zero-order valence-corrected chi connectivity index (χ0v) is 11.8. The molecule has 0 aliphatic carbocycles. The second-order valence-corrected chi connectivity index (χ2v) is 7.24. The van der Waals surface area contributed by atoms with Gasteiger partial charge >= 0.3 is 0 Å². The number of sulfonamides is 1. The van der Waals surface area contributed by atoms with Crippen LogP contribution < -0.4 is 11.1 Å². The molecule has 0 rings (SSSR count). The first-order chi connectivity index (χ1) is 7.54. The summed E-state index contributed by atoms with van der Waals surface area (Å²) in [5.41, 5.74) is 5.36. The number of amides is 1. The van der Waals surface area contributed by atoms with Gasteiger partial charge in [0, 0.05) is 32.6 Å². The van der Waals surface area contributed by atoms with Crippen LogP contribution in [0.2, 0.25) is 0 Å². The van der Waals surface area contributed by atoms with Crippen LogP contribution in [0.5, 0.6) is 0 Å². The van der Waals surface area contributed by atoms with E-state index in [1.54, 1.807) is 0 Å². The van der Waals surface area contributed by atoms with Crippen LogP contribution >= 0.6 is 0 Å². The fraction of sp³-hybridized carbons (Fsp3) is 0.900. The Balaban J connectivity index is 3.88. The first-order valence-corrected chi connectivity index (χ1v) is 7.11. The van der Waals surface area contributed by atoms with Crippen molar-refractivity contribution in [1.82, 2.24) is 9.62 Å². The molecule has 102 valence electrons. The van der Waals surface area contributed by atoms with E-state index in [2.05, 4.69) is 5.32 Å². The van der Waals surface area contributed by atoms with E-state index in [0.717, 1.165) is 4.31 Å². The highest BCUT2D eigenvalue weighted by molar-refractivity contribution is 7.89. The predicted molar refractivity (Wildman–Crippen MR) is 68.0 cm³/mol. The summed E-state index contributed by atoms with van der Waals surface area (Å²) in [6.45, 7) is 3.82. The Morgan fingerprint density at radius 1 is 1.35 bits per heavy atom. The summed E-state index contributed by atoms with van der Waals surface area (Å²) in [6, 6.07) is 0. The molecular weight excluding hydrogens is 242 g/mol. The van der Waals surface area contributed by atoms with Gasteiger partial charge in [0.2, 0.25) is 15.9 Å². The minimum absolute atomic E-state index is 0.0856. The SMILES string of the molecule is CN(C)S(=O)(=O)CCNC(=O)CCC(C)(C)N. The van der Waals surface area contributed by atoms with Crippen molar-refractivity contribution < 1.29 is 13.2 Å². The smallest absolute Gasteiger partial charge is 0.220 e. The summed E-state index contributed by atoms with van der Waals surface area (Å²) < 4.78 is 23.9. The van der Waals surface area contributed by atoms with Gasteiger partial charge in [-0.05, 0) is 20.3 Å². The van der Waals surface area contributed by atoms with Gasteiger partial charge in [-0.25, -0.2) is 12.7 Å². The molecule has 0 bridgehead atoms. The molecule has 0 aliphatic rings. The van der Waals surface area contributed by atoms with Gasteiger partial charge in [0.15, 0.2) is 0 Å². The maximum Gasteiger partial charge on any atom is 0.220 e. The summed E-state index contributed by atoms with van der Waals surface area (Å²) in [4.78, 5) is 11.4. The van der Waals surface area contributed by atoms with Crippen LogP contribution in [0, 0.1) is 0 Å². The Bertz CT molecular complexity index is 344. The first-order valence-electron chi connectivity index (χ1n) is 5.50. The van der Waals surface area contributed by atoms with E-state index in [9.17, 15) is 13.2 Å². The highest BCUT2D eigenvalue weighted by atomic mass is 32.2. The summed E-state index contributed by atoms with van der Waals surface area (Å²) in [5.74, 6) is -0.255. The Morgan fingerprint density at radius 3 is 2.29 bits per heavy atom. The summed E-state index contributed by atoms with van der Waals surface area (Å²) >= 11 is 0. The standard InChI is InChI=1S/C10H23N3O3S/c1-10(2,11)6-5-9(14)12-7-8-17(15,16)13(3)4/h5-8,11H2,1-4H3,(H,12,14). The van der Waals surface area contributed by atoms with Crippen molar-refractivity contribution in [1.29, 1.82) is 0 Å². The topological polar surface area (TPSA) is 92.5 Å². The third-order valence-corrected chi connectivity index (χ3v) is 4.07. The van der Waals surface area contributed by atoms with Gasteiger partial charge in [-0.2, -0.15) is 0 Å². The molecule has 0 aromatic heterocycles. The molecule has 0 atom stereocenters. The third-order valence-electron chi connectivity index (χ3n) is 2.23. The maximum atomic E-state index is 11.4. The van der Waals surface area contributed by atoms with Crippen LogP contribution in [0.15, 0.2) is 0 Å². The van der Waals surface area contributed by atoms with Crippen molar-refractivity contribution in [2.75, 3.05) is 26.4 Å². The van der Waals surface area contributed by atoms with Crippen LogP contribution in [-0.4, -0.2) is 50.6 Å². The minimum Gasteiger partial charge on any atom is -0.355 e. The van der Waals surface area contributed by atoms with Crippen LogP contribution in [0.3, 0.4) is 0 Å². The number of rotatable bonds is 7. The number of nitrogens with one attached hydrogen (secondary N) is 1. The van der Waals surface area contributed by atoms with Gasteiger partial charge in [-0.3, -0.25) is 4.79 Å². The van der Waals surface area contributed by atoms with Crippen LogP contribution in [-0.2, 0) is 14.8 Å². The monoisotopic (exact) mass is 265 g/mol. The average Bonchev–Trinajstić information content (AvgIpc) is 2.13. The molecule has 1 amide bonds. The lowest BCUT2D eigenvalue weighted by atomic mass is 10.00. The van der Waals surface area contributed by atoms with Crippen molar-refractivity contribution in [3.05, 3.63) is 0 Å². The van der Waals surface area contributed by atoms with Crippen molar-refractivity contribution in [3.63, 3.8) is 0 Å². The largest absolute Gasteiger partial charge is 0.355 e. The highest BCUT2D eigenvalue weighted by Gasteiger charge is 2.15. The van der Waals surface area contributed by atoms with Gasteiger partial charge in [-0.1, -0.05) is 0 Å². The lowest BCUT2D eigenvalue weighted by Crippen LogP contribution is -2.36. The Labute approximate surface area is 104 Å². The Hall–Kier alpha value is -0.660. The molecule has 0 saturated heterocycles. The van der Waals surface area contributed by atoms with Crippen LogP contribution in [0.1, 0.15) is 26.7 Å². The number of carbonyl (C=O) groups excluding carboxylic acids is 1. The molecule has 0 fully saturated rings. The third kappa shape index (κ3) is 8.12. The highest BCUT2D eigenvalue weighted by Crippen LogP contribution is 2.06. The van der Waals surface area contributed by atoms with E-state index >= 15 is 0 Å².